The van der Waals surface area contributed by atoms with Crippen molar-refractivity contribution in [3.05, 3.63) is 41.6 Å². The number of aromatic carboxylic acids is 1. The van der Waals surface area contributed by atoms with Gasteiger partial charge < -0.3 is 15.3 Å². The number of carbonyl (C=O) groups is 2. The van der Waals surface area contributed by atoms with Crippen LogP contribution in [0.3, 0.4) is 0 Å². The molecule has 0 bridgehead atoms. The van der Waals surface area contributed by atoms with Gasteiger partial charge in [0, 0.05) is 25.0 Å². The first-order valence-corrected chi connectivity index (χ1v) is 7.50. The lowest BCUT2D eigenvalue weighted by atomic mass is 9.99. The fourth-order valence-electron chi connectivity index (χ4n) is 2.41. The van der Waals surface area contributed by atoms with Gasteiger partial charge in [-0.15, -0.1) is 0 Å². The minimum Gasteiger partial charge on any atom is -0.478 e. The predicted molar refractivity (Wildman–Crippen MR) is 85.7 cm³/mol. The molecule has 23 heavy (non-hydrogen) atoms. The van der Waals surface area contributed by atoms with E-state index in [1.165, 1.54) is 12.1 Å². The third-order valence-corrected chi connectivity index (χ3v) is 3.86. The third kappa shape index (κ3) is 4.58. The second-order valence-electron chi connectivity index (χ2n) is 5.71. The number of rotatable bonds is 4. The summed E-state index contributed by atoms with van der Waals surface area (Å²) >= 11 is 0. The number of likely N-dealkylation sites (tertiary alicyclic amines) is 1. The number of nitrogens with one attached hydrogen (secondary N) is 1. The highest BCUT2D eigenvalue weighted by Crippen LogP contribution is 2.17. The lowest BCUT2D eigenvalue weighted by Crippen LogP contribution is -2.29. The van der Waals surface area contributed by atoms with Crippen LogP contribution in [0.5, 0.6) is 0 Å². The number of carboxylic acid groups (broad SMARTS) is 1. The second-order valence-corrected chi connectivity index (χ2v) is 5.71. The number of hydrogen-bond donors (Lipinski definition) is 2. The molecule has 0 radical (unpaired) electrons. The summed E-state index contributed by atoms with van der Waals surface area (Å²) in [5.74, 6) is -0.939. The van der Waals surface area contributed by atoms with Crippen LogP contribution in [0.1, 0.15) is 30.1 Å². The Morgan fingerprint density at radius 2 is 2.09 bits per heavy atom. The van der Waals surface area contributed by atoms with Crippen LogP contribution in [-0.2, 0) is 4.79 Å². The van der Waals surface area contributed by atoms with E-state index in [9.17, 15) is 14.9 Å². The first-order valence-electron chi connectivity index (χ1n) is 7.50. The van der Waals surface area contributed by atoms with Gasteiger partial charge in [-0.05, 0) is 37.0 Å². The van der Waals surface area contributed by atoms with Gasteiger partial charge in [-0.25, -0.2) is 4.79 Å². The number of carboxylic acids is 1. The molecule has 1 aromatic carbocycles. The molecular formula is C17H19N3O3. The molecule has 0 saturated carbocycles. The van der Waals surface area contributed by atoms with E-state index in [4.69, 9.17) is 5.11 Å². The van der Waals surface area contributed by atoms with Crippen LogP contribution in [-0.4, -0.2) is 35.0 Å². The van der Waals surface area contributed by atoms with Crippen molar-refractivity contribution in [2.45, 2.75) is 19.8 Å². The minimum absolute atomic E-state index is 0.0141. The highest BCUT2D eigenvalue weighted by molar-refractivity contribution is 6.06. The molecule has 1 aromatic rings. The zero-order valence-corrected chi connectivity index (χ0v) is 13.0. The number of nitriles is 1. The standard InChI is InChI=1S/C17H19N3O3/c1-12-5-7-20(8-6-12)11-14(10-18)16(21)19-15-4-2-3-13(9-15)17(22)23/h2-4,9,11-12H,5-8H2,1H3,(H,19,21)(H,22,23)/b14-11-. The van der Waals surface area contributed by atoms with Crippen molar-refractivity contribution in [3.8, 4) is 6.07 Å². The van der Waals surface area contributed by atoms with Gasteiger partial charge in [0.25, 0.3) is 5.91 Å². The Kier molecular flexibility index (Phi) is 5.36. The quantitative estimate of drug-likeness (QED) is 0.658. The van der Waals surface area contributed by atoms with E-state index in [1.807, 2.05) is 11.0 Å². The van der Waals surface area contributed by atoms with Crippen LogP contribution in [0.2, 0.25) is 0 Å². The fraction of sp³-hybridized carbons (Fsp3) is 0.353. The van der Waals surface area contributed by atoms with Crippen LogP contribution in [0.15, 0.2) is 36.0 Å². The maximum absolute atomic E-state index is 12.2. The normalized spacial score (nSPS) is 15.8. The zero-order chi connectivity index (χ0) is 16.8. The average molecular weight is 313 g/mol. The van der Waals surface area contributed by atoms with Crippen molar-refractivity contribution in [2.75, 3.05) is 18.4 Å². The Balaban J connectivity index is 2.07. The molecule has 6 heteroatoms. The van der Waals surface area contributed by atoms with Gasteiger partial charge in [0.1, 0.15) is 11.6 Å². The van der Waals surface area contributed by atoms with Gasteiger partial charge in [-0.2, -0.15) is 5.26 Å². The Morgan fingerprint density at radius 3 is 2.70 bits per heavy atom. The van der Waals surface area contributed by atoms with Crippen molar-refractivity contribution in [1.29, 1.82) is 5.26 Å². The summed E-state index contributed by atoms with van der Waals surface area (Å²) in [6, 6.07) is 7.83. The van der Waals surface area contributed by atoms with E-state index >= 15 is 0 Å². The largest absolute Gasteiger partial charge is 0.478 e. The molecule has 1 heterocycles. The molecule has 2 rings (SSSR count). The maximum Gasteiger partial charge on any atom is 0.335 e. The van der Waals surface area contributed by atoms with E-state index in [0.29, 0.717) is 11.6 Å². The SMILES string of the molecule is CC1CCN(/C=C(/C#N)C(=O)Nc2cccc(C(=O)O)c2)CC1. The molecule has 0 aromatic heterocycles. The third-order valence-electron chi connectivity index (χ3n) is 3.86. The van der Waals surface area contributed by atoms with Gasteiger partial charge >= 0.3 is 5.97 Å². The molecule has 120 valence electrons. The molecular weight excluding hydrogens is 294 g/mol. The first-order chi connectivity index (χ1) is 11.0. The fourth-order valence-corrected chi connectivity index (χ4v) is 2.41. The Hall–Kier alpha value is -2.81. The predicted octanol–water partition coefficient (Wildman–Crippen LogP) is 2.46. The summed E-state index contributed by atoms with van der Waals surface area (Å²) in [4.78, 5) is 25.1. The summed E-state index contributed by atoms with van der Waals surface area (Å²) in [5.41, 5.74) is 0.443. The molecule has 1 fully saturated rings. The molecule has 1 saturated heterocycles. The molecule has 0 spiro atoms. The minimum atomic E-state index is -1.07. The summed E-state index contributed by atoms with van der Waals surface area (Å²) in [5, 5.41) is 20.7. The maximum atomic E-state index is 12.2. The average Bonchev–Trinajstić information content (AvgIpc) is 2.54. The summed E-state index contributed by atoms with van der Waals surface area (Å²) in [7, 11) is 0. The first kappa shape index (κ1) is 16.6. The number of amides is 1. The van der Waals surface area contributed by atoms with Crippen LogP contribution in [0, 0.1) is 17.2 Å². The van der Waals surface area contributed by atoms with Gasteiger partial charge in [-0.1, -0.05) is 13.0 Å². The molecule has 6 nitrogen and oxygen atoms in total. The number of carbonyl (C=O) groups excluding carboxylic acids is 1. The molecule has 0 unspecified atom stereocenters. The number of piperidine rings is 1. The van der Waals surface area contributed by atoms with Crippen molar-refractivity contribution in [1.82, 2.24) is 4.90 Å². The van der Waals surface area contributed by atoms with Crippen LogP contribution < -0.4 is 5.32 Å². The molecule has 1 amide bonds. The summed E-state index contributed by atoms with van der Waals surface area (Å²) < 4.78 is 0. The van der Waals surface area contributed by atoms with Crippen LogP contribution >= 0.6 is 0 Å². The van der Waals surface area contributed by atoms with E-state index in [0.717, 1.165) is 25.9 Å². The molecule has 1 aliphatic heterocycles. The summed E-state index contributed by atoms with van der Waals surface area (Å²) in [6.07, 6.45) is 3.66. The van der Waals surface area contributed by atoms with Crippen LogP contribution in [0.25, 0.3) is 0 Å². The molecule has 2 N–H and O–H groups in total. The Morgan fingerprint density at radius 1 is 1.39 bits per heavy atom. The van der Waals surface area contributed by atoms with Gasteiger partial charge in [0.2, 0.25) is 0 Å². The topological polar surface area (TPSA) is 93.4 Å². The number of anilines is 1. The van der Waals surface area contributed by atoms with E-state index in [1.54, 1.807) is 18.3 Å². The van der Waals surface area contributed by atoms with E-state index < -0.39 is 11.9 Å². The molecule has 0 aliphatic carbocycles. The van der Waals surface area contributed by atoms with E-state index in [-0.39, 0.29) is 11.1 Å². The summed E-state index contributed by atoms with van der Waals surface area (Å²) in [6.45, 7) is 3.84. The number of benzene rings is 1. The monoisotopic (exact) mass is 313 g/mol. The molecule has 1 aliphatic rings. The highest BCUT2D eigenvalue weighted by Gasteiger charge is 2.16. The van der Waals surface area contributed by atoms with Crippen molar-refractivity contribution >= 4 is 17.6 Å². The smallest absolute Gasteiger partial charge is 0.335 e. The Bertz CT molecular complexity index is 668. The van der Waals surface area contributed by atoms with Crippen molar-refractivity contribution in [3.63, 3.8) is 0 Å². The highest BCUT2D eigenvalue weighted by atomic mass is 16.4. The Labute approximate surface area is 135 Å². The second kappa shape index (κ2) is 7.45. The number of nitrogens with zero attached hydrogens (tertiary/aromatic N) is 2. The van der Waals surface area contributed by atoms with Crippen molar-refractivity contribution < 1.29 is 14.7 Å². The van der Waals surface area contributed by atoms with Gasteiger partial charge in [0.05, 0.1) is 5.56 Å². The van der Waals surface area contributed by atoms with Gasteiger partial charge in [-0.3, -0.25) is 4.79 Å². The van der Waals surface area contributed by atoms with Crippen molar-refractivity contribution in [2.24, 2.45) is 5.92 Å². The zero-order valence-electron chi connectivity index (χ0n) is 13.0. The lowest BCUT2D eigenvalue weighted by Gasteiger charge is -2.29. The van der Waals surface area contributed by atoms with Gasteiger partial charge in [0.15, 0.2) is 0 Å². The number of hydrogen-bond acceptors (Lipinski definition) is 4. The van der Waals surface area contributed by atoms with Crippen LogP contribution in [0.4, 0.5) is 5.69 Å². The lowest BCUT2D eigenvalue weighted by molar-refractivity contribution is -0.112. The molecule has 0 atom stereocenters. The van der Waals surface area contributed by atoms with E-state index in [2.05, 4.69) is 12.2 Å².